The van der Waals surface area contributed by atoms with Crippen molar-refractivity contribution in [3.63, 3.8) is 0 Å². The summed E-state index contributed by atoms with van der Waals surface area (Å²) in [4.78, 5) is 13.9. The van der Waals surface area contributed by atoms with Crippen LogP contribution in [0, 0.1) is 0 Å². The zero-order valence-corrected chi connectivity index (χ0v) is 11.0. The lowest BCUT2D eigenvalue weighted by molar-refractivity contribution is -0.154. The zero-order valence-electron chi connectivity index (χ0n) is 11.0. The molecule has 1 aliphatic carbocycles. The van der Waals surface area contributed by atoms with Gasteiger partial charge in [0.2, 0.25) is 5.91 Å². The minimum Gasteiger partial charge on any atom is -0.386 e. The van der Waals surface area contributed by atoms with Gasteiger partial charge in [-0.25, -0.2) is 0 Å². The lowest BCUT2D eigenvalue weighted by Crippen LogP contribution is -2.63. The molecule has 2 rings (SSSR count). The van der Waals surface area contributed by atoms with Gasteiger partial charge < -0.3 is 15.3 Å². The molecule has 0 aromatic carbocycles. The fourth-order valence-electron chi connectivity index (χ4n) is 3.10. The largest absolute Gasteiger partial charge is 0.386 e. The standard InChI is InChI=1S/C13H24N2O2/c1-12(17)9-15(10-12)11(16)8-13(14-2)6-4-3-5-7-13/h14,17H,3-10H2,1-2H3. The molecule has 0 bridgehead atoms. The van der Waals surface area contributed by atoms with E-state index in [4.69, 9.17) is 0 Å². The monoisotopic (exact) mass is 240 g/mol. The zero-order chi connectivity index (χ0) is 12.5. The first-order valence-electron chi connectivity index (χ1n) is 6.66. The van der Waals surface area contributed by atoms with Crippen LogP contribution in [0.1, 0.15) is 45.4 Å². The molecule has 0 aromatic rings. The summed E-state index contributed by atoms with van der Waals surface area (Å²) >= 11 is 0. The van der Waals surface area contributed by atoms with Gasteiger partial charge >= 0.3 is 0 Å². The molecule has 98 valence electrons. The van der Waals surface area contributed by atoms with Crippen LogP contribution in [0.3, 0.4) is 0 Å². The Labute approximate surface area is 103 Å². The molecule has 0 atom stereocenters. The van der Waals surface area contributed by atoms with Crippen LogP contribution in [0.25, 0.3) is 0 Å². The second-order valence-corrected chi connectivity index (χ2v) is 6.01. The Morgan fingerprint density at radius 1 is 1.29 bits per heavy atom. The van der Waals surface area contributed by atoms with Gasteiger partial charge in [0.1, 0.15) is 0 Å². The van der Waals surface area contributed by atoms with Gasteiger partial charge in [-0.05, 0) is 26.8 Å². The van der Waals surface area contributed by atoms with E-state index in [1.54, 1.807) is 11.8 Å². The molecule has 0 aromatic heterocycles. The minimum atomic E-state index is -0.658. The van der Waals surface area contributed by atoms with Crippen molar-refractivity contribution in [2.75, 3.05) is 20.1 Å². The third kappa shape index (κ3) is 2.80. The van der Waals surface area contributed by atoms with Crippen LogP contribution in [-0.2, 0) is 4.79 Å². The van der Waals surface area contributed by atoms with Crippen LogP contribution >= 0.6 is 0 Å². The van der Waals surface area contributed by atoms with E-state index >= 15 is 0 Å². The van der Waals surface area contributed by atoms with Crippen molar-refractivity contribution in [3.8, 4) is 0 Å². The topological polar surface area (TPSA) is 52.6 Å². The van der Waals surface area contributed by atoms with Crippen LogP contribution in [0.2, 0.25) is 0 Å². The second-order valence-electron chi connectivity index (χ2n) is 6.01. The number of nitrogens with zero attached hydrogens (tertiary/aromatic N) is 1. The molecule has 2 fully saturated rings. The SMILES string of the molecule is CNC1(CC(=O)N2CC(C)(O)C2)CCCCC1. The fraction of sp³-hybridized carbons (Fsp3) is 0.923. The number of likely N-dealkylation sites (tertiary alicyclic amines) is 1. The molecule has 4 heteroatoms. The predicted octanol–water partition coefficient (Wildman–Crippen LogP) is 0.892. The van der Waals surface area contributed by atoms with E-state index in [1.165, 1.54) is 19.3 Å². The van der Waals surface area contributed by atoms with Crippen LogP contribution < -0.4 is 5.32 Å². The highest BCUT2D eigenvalue weighted by molar-refractivity contribution is 5.78. The summed E-state index contributed by atoms with van der Waals surface area (Å²) in [6.45, 7) is 2.77. The third-order valence-electron chi connectivity index (χ3n) is 4.25. The van der Waals surface area contributed by atoms with Crippen LogP contribution in [-0.4, -0.2) is 47.2 Å². The molecular formula is C13H24N2O2. The van der Waals surface area contributed by atoms with Crippen LogP contribution in [0.4, 0.5) is 0 Å². The highest BCUT2D eigenvalue weighted by Crippen LogP contribution is 2.32. The highest BCUT2D eigenvalue weighted by atomic mass is 16.3. The minimum absolute atomic E-state index is 0.0107. The van der Waals surface area contributed by atoms with Crippen molar-refractivity contribution in [3.05, 3.63) is 0 Å². The van der Waals surface area contributed by atoms with Crippen LogP contribution in [0.15, 0.2) is 0 Å². The molecule has 2 aliphatic rings. The van der Waals surface area contributed by atoms with Crippen molar-refractivity contribution in [2.45, 2.75) is 56.6 Å². The molecular weight excluding hydrogens is 216 g/mol. The Morgan fingerprint density at radius 2 is 1.88 bits per heavy atom. The van der Waals surface area contributed by atoms with E-state index in [-0.39, 0.29) is 11.4 Å². The summed E-state index contributed by atoms with van der Waals surface area (Å²) in [6, 6.07) is 0. The maximum Gasteiger partial charge on any atom is 0.224 e. The summed E-state index contributed by atoms with van der Waals surface area (Å²) in [7, 11) is 1.96. The first kappa shape index (κ1) is 12.8. The highest BCUT2D eigenvalue weighted by Gasteiger charge is 2.42. The van der Waals surface area contributed by atoms with Gasteiger partial charge in [0.25, 0.3) is 0 Å². The summed E-state index contributed by atoms with van der Waals surface area (Å²) in [5, 5.41) is 13.0. The molecule has 2 N–H and O–H groups in total. The Balaban J connectivity index is 1.88. The van der Waals surface area contributed by atoms with Crippen LogP contribution in [0.5, 0.6) is 0 Å². The van der Waals surface area contributed by atoms with Gasteiger partial charge in [-0.1, -0.05) is 19.3 Å². The summed E-state index contributed by atoms with van der Waals surface area (Å²) < 4.78 is 0. The van der Waals surface area contributed by atoms with Crippen molar-refractivity contribution in [1.82, 2.24) is 10.2 Å². The Kier molecular flexibility index (Phi) is 3.46. The number of carbonyl (C=O) groups excluding carboxylic acids is 1. The van der Waals surface area contributed by atoms with E-state index < -0.39 is 5.60 Å². The number of rotatable bonds is 3. The number of amides is 1. The number of aliphatic hydroxyl groups is 1. The van der Waals surface area contributed by atoms with E-state index in [0.29, 0.717) is 19.5 Å². The molecule has 0 radical (unpaired) electrons. The maximum absolute atomic E-state index is 12.1. The van der Waals surface area contributed by atoms with E-state index in [9.17, 15) is 9.90 Å². The van der Waals surface area contributed by atoms with Crippen molar-refractivity contribution >= 4 is 5.91 Å². The van der Waals surface area contributed by atoms with E-state index in [0.717, 1.165) is 12.8 Å². The smallest absolute Gasteiger partial charge is 0.224 e. The average Bonchev–Trinajstić information content (AvgIpc) is 2.27. The normalized spacial score (nSPS) is 26.4. The van der Waals surface area contributed by atoms with Crippen molar-refractivity contribution < 1.29 is 9.90 Å². The molecule has 1 saturated carbocycles. The molecule has 4 nitrogen and oxygen atoms in total. The summed E-state index contributed by atoms with van der Waals surface area (Å²) in [5.41, 5.74) is -0.647. The lowest BCUT2D eigenvalue weighted by atomic mass is 9.78. The van der Waals surface area contributed by atoms with Gasteiger partial charge in [0.05, 0.1) is 18.7 Å². The first-order valence-corrected chi connectivity index (χ1v) is 6.66. The van der Waals surface area contributed by atoms with E-state index in [1.807, 2.05) is 7.05 Å². The molecule has 1 saturated heterocycles. The number of β-amino-alcohol motifs (C(OH)–C–C–N with tert-alkyl or cyclic N) is 1. The number of hydrogen-bond donors (Lipinski definition) is 2. The fourth-order valence-corrected chi connectivity index (χ4v) is 3.10. The molecule has 1 heterocycles. The summed E-state index contributed by atoms with van der Waals surface area (Å²) in [6.07, 6.45) is 6.49. The lowest BCUT2D eigenvalue weighted by Gasteiger charge is -2.46. The second kappa shape index (κ2) is 4.58. The first-order chi connectivity index (χ1) is 7.96. The van der Waals surface area contributed by atoms with Crippen molar-refractivity contribution in [1.29, 1.82) is 0 Å². The Hall–Kier alpha value is -0.610. The quantitative estimate of drug-likeness (QED) is 0.770. The molecule has 17 heavy (non-hydrogen) atoms. The maximum atomic E-state index is 12.1. The van der Waals surface area contributed by atoms with Gasteiger partial charge in [-0.2, -0.15) is 0 Å². The number of nitrogens with one attached hydrogen (secondary N) is 1. The third-order valence-corrected chi connectivity index (χ3v) is 4.25. The molecule has 0 unspecified atom stereocenters. The average molecular weight is 240 g/mol. The molecule has 1 aliphatic heterocycles. The molecule has 1 amide bonds. The van der Waals surface area contributed by atoms with Gasteiger partial charge in [0, 0.05) is 12.0 Å². The molecule has 0 spiro atoms. The summed E-state index contributed by atoms with van der Waals surface area (Å²) in [5.74, 6) is 0.188. The van der Waals surface area contributed by atoms with Gasteiger partial charge in [-0.3, -0.25) is 4.79 Å². The predicted molar refractivity (Wildman–Crippen MR) is 66.7 cm³/mol. The number of hydrogen-bond acceptors (Lipinski definition) is 3. The van der Waals surface area contributed by atoms with Gasteiger partial charge in [0.15, 0.2) is 0 Å². The Morgan fingerprint density at radius 3 is 2.35 bits per heavy atom. The Bertz CT molecular complexity index is 288. The van der Waals surface area contributed by atoms with Gasteiger partial charge in [-0.15, -0.1) is 0 Å². The van der Waals surface area contributed by atoms with Crippen molar-refractivity contribution in [2.24, 2.45) is 0 Å². The number of carbonyl (C=O) groups is 1. The van der Waals surface area contributed by atoms with E-state index in [2.05, 4.69) is 5.32 Å².